The monoisotopic (exact) mass is 387 g/mol. The molecule has 2 N–H and O–H groups in total. The van der Waals surface area contributed by atoms with E-state index < -0.39 is 11.6 Å². The van der Waals surface area contributed by atoms with Crippen LogP contribution in [0.1, 0.15) is 29.7 Å². The van der Waals surface area contributed by atoms with Gasteiger partial charge in [0.25, 0.3) is 0 Å². The van der Waals surface area contributed by atoms with E-state index in [1.54, 1.807) is 19.3 Å². The largest absolute Gasteiger partial charge is 0.354 e. The molecule has 0 aliphatic carbocycles. The zero-order valence-electron chi connectivity index (χ0n) is 16.4. The highest BCUT2D eigenvalue weighted by molar-refractivity contribution is 5.79. The van der Waals surface area contributed by atoms with E-state index in [9.17, 15) is 8.78 Å². The normalized spacial score (nSPS) is 16.2. The number of aromatic nitrogens is 1. The second-order valence-electron chi connectivity index (χ2n) is 7.14. The number of hydrogen-bond acceptors (Lipinski definition) is 3. The molecule has 7 heteroatoms. The summed E-state index contributed by atoms with van der Waals surface area (Å²) in [6.07, 6.45) is 3.73. The van der Waals surface area contributed by atoms with Crippen LogP contribution in [0.15, 0.2) is 41.5 Å². The Labute approximate surface area is 164 Å². The van der Waals surface area contributed by atoms with Gasteiger partial charge in [-0.25, -0.2) is 8.78 Å². The van der Waals surface area contributed by atoms with E-state index in [-0.39, 0.29) is 0 Å². The SMILES string of the molecule is CN=C(NCc1ncccc1C)NC1CCN(Cc2ccc(F)c(F)c2)CC1. The van der Waals surface area contributed by atoms with Crippen LogP contribution in [0, 0.1) is 18.6 Å². The number of aryl methyl sites for hydroxylation is 1. The summed E-state index contributed by atoms with van der Waals surface area (Å²) in [6.45, 7) is 5.10. The van der Waals surface area contributed by atoms with Gasteiger partial charge in [0.15, 0.2) is 17.6 Å². The molecule has 2 aromatic rings. The molecule has 0 atom stereocenters. The van der Waals surface area contributed by atoms with Crippen molar-refractivity contribution in [3.05, 3.63) is 65.0 Å². The maximum Gasteiger partial charge on any atom is 0.191 e. The third kappa shape index (κ3) is 5.48. The highest BCUT2D eigenvalue weighted by Gasteiger charge is 2.20. The maximum absolute atomic E-state index is 13.4. The molecule has 0 radical (unpaired) electrons. The van der Waals surface area contributed by atoms with Crippen LogP contribution < -0.4 is 10.6 Å². The van der Waals surface area contributed by atoms with Gasteiger partial charge >= 0.3 is 0 Å². The van der Waals surface area contributed by atoms with Crippen LogP contribution in [0.4, 0.5) is 8.78 Å². The Bertz CT molecular complexity index is 816. The first-order valence-electron chi connectivity index (χ1n) is 9.59. The average molecular weight is 387 g/mol. The Hall–Kier alpha value is -2.54. The minimum absolute atomic E-state index is 0.331. The van der Waals surface area contributed by atoms with Gasteiger partial charge in [-0.15, -0.1) is 0 Å². The van der Waals surface area contributed by atoms with E-state index in [1.165, 1.54) is 12.1 Å². The molecule has 150 valence electrons. The van der Waals surface area contributed by atoms with Gasteiger partial charge in [0.1, 0.15) is 0 Å². The van der Waals surface area contributed by atoms with Crippen LogP contribution >= 0.6 is 0 Å². The van der Waals surface area contributed by atoms with E-state index in [1.807, 2.05) is 19.1 Å². The highest BCUT2D eigenvalue weighted by atomic mass is 19.2. The molecule has 5 nitrogen and oxygen atoms in total. The Balaban J connectivity index is 1.45. The number of likely N-dealkylation sites (tertiary alicyclic amines) is 1. The number of pyridine rings is 1. The van der Waals surface area contributed by atoms with E-state index >= 15 is 0 Å². The molecular weight excluding hydrogens is 360 g/mol. The van der Waals surface area contributed by atoms with Crippen molar-refractivity contribution in [1.82, 2.24) is 20.5 Å². The smallest absolute Gasteiger partial charge is 0.191 e. The lowest BCUT2D eigenvalue weighted by Gasteiger charge is -2.33. The summed E-state index contributed by atoms with van der Waals surface area (Å²) in [6, 6.07) is 8.43. The topological polar surface area (TPSA) is 52.6 Å². The molecule has 1 aromatic carbocycles. The second kappa shape index (κ2) is 9.59. The maximum atomic E-state index is 13.4. The number of guanidine groups is 1. The third-order valence-corrected chi connectivity index (χ3v) is 5.08. The fourth-order valence-electron chi connectivity index (χ4n) is 3.39. The lowest BCUT2D eigenvalue weighted by molar-refractivity contribution is 0.198. The van der Waals surface area contributed by atoms with E-state index in [2.05, 4.69) is 25.5 Å². The molecule has 3 rings (SSSR count). The minimum Gasteiger partial charge on any atom is -0.354 e. The fraction of sp³-hybridized carbons (Fsp3) is 0.429. The van der Waals surface area contributed by atoms with Crippen molar-refractivity contribution in [3.63, 3.8) is 0 Å². The van der Waals surface area contributed by atoms with Gasteiger partial charge < -0.3 is 10.6 Å². The molecule has 1 aromatic heterocycles. The number of halogens is 2. The molecule has 0 unspecified atom stereocenters. The first-order chi connectivity index (χ1) is 13.5. The summed E-state index contributed by atoms with van der Waals surface area (Å²) in [5.41, 5.74) is 2.95. The highest BCUT2D eigenvalue weighted by Crippen LogP contribution is 2.16. The zero-order chi connectivity index (χ0) is 19.9. The lowest BCUT2D eigenvalue weighted by Crippen LogP contribution is -2.48. The quantitative estimate of drug-likeness (QED) is 0.612. The van der Waals surface area contributed by atoms with Gasteiger partial charge in [-0.1, -0.05) is 12.1 Å². The van der Waals surface area contributed by atoms with E-state index in [0.717, 1.165) is 48.7 Å². The molecule has 0 saturated carbocycles. The fourth-order valence-corrected chi connectivity index (χ4v) is 3.39. The van der Waals surface area contributed by atoms with Gasteiger partial charge in [0.2, 0.25) is 0 Å². The summed E-state index contributed by atoms with van der Waals surface area (Å²) >= 11 is 0. The predicted molar refractivity (Wildman–Crippen MR) is 107 cm³/mol. The standard InChI is InChI=1S/C21H27F2N5/c1-15-4-3-9-25-20(15)13-26-21(24-2)27-17-7-10-28(11-8-17)14-16-5-6-18(22)19(23)12-16/h3-6,9,12,17H,7-8,10-11,13-14H2,1-2H3,(H2,24,26,27). The third-order valence-electron chi connectivity index (χ3n) is 5.08. The van der Waals surface area contributed by atoms with Gasteiger partial charge in [-0.3, -0.25) is 14.9 Å². The number of rotatable bonds is 5. The minimum atomic E-state index is -0.800. The number of piperidine rings is 1. The Morgan fingerprint density at radius 1 is 1.21 bits per heavy atom. The second-order valence-corrected chi connectivity index (χ2v) is 7.14. The number of nitrogens with zero attached hydrogens (tertiary/aromatic N) is 3. The first-order valence-corrected chi connectivity index (χ1v) is 9.59. The van der Waals surface area contributed by atoms with Crippen molar-refractivity contribution in [2.45, 2.75) is 38.9 Å². The molecule has 1 fully saturated rings. The van der Waals surface area contributed by atoms with Crippen LogP contribution in [0.3, 0.4) is 0 Å². The number of nitrogens with one attached hydrogen (secondary N) is 2. The Kier molecular flexibility index (Phi) is 6.92. The Morgan fingerprint density at radius 2 is 2.00 bits per heavy atom. The van der Waals surface area contributed by atoms with Gasteiger partial charge in [0, 0.05) is 38.9 Å². The molecule has 1 saturated heterocycles. The lowest BCUT2D eigenvalue weighted by atomic mass is 10.0. The summed E-state index contributed by atoms with van der Waals surface area (Å²) in [5, 5.41) is 6.79. The van der Waals surface area contributed by atoms with Crippen LogP contribution in [-0.4, -0.2) is 42.0 Å². The van der Waals surface area contributed by atoms with Gasteiger partial charge in [-0.2, -0.15) is 0 Å². The summed E-state index contributed by atoms with van der Waals surface area (Å²) in [7, 11) is 1.76. The van der Waals surface area contributed by atoms with Crippen LogP contribution in [0.25, 0.3) is 0 Å². The molecule has 1 aliphatic rings. The molecule has 0 spiro atoms. The zero-order valence-corrected chi connectivity index (χ0v) is 16.4. The number of aliphatic imine (C=N–C) groups is 1. The predicted octanol–water partition coefficient (Wildman–Crippen LogP) is 3.00. The van der Waals surface area contributed by atoms with Crippen molar-refractivity contribution in [2.24, 2.45) is 4.99 Å². The molecule has 1 aliphatic heterocycles. The van der Waals surface area contributed by atoms with Gasteiger partial charge in [0.05, 0.1) is 12.2 Å². The molecule has 0 amide bonds. The van der Waals surface area contributed by atoms with Crippen molar-refractivity contribution in [3.8, 4) is 0 Å². The van der Waals surface area contributed by atoms with Crippen LogP contribution in [-0.2, 0) is 13.1 Å². The molecule has 2 heterocycles. The van der Waals surface area contributed by atoms with Crippen LogP contribution in [0.2, 0.25) is 0 Å². The molecule has 28 heavy (non-hydrogen) atoms. The summed E-state index contributed by atoms with van der Waals surface area (Å²) < 4.78 is 26.4. The van der Waals surface area contributed by atoms with Crippen molar-refractivity contribution < 1.29 is 8.78 Å². The van der Waals surface area contributed by atoms with Crippen molar-refractivity contribution >= 4 is 5.96 Å². The van der Waals surface area contributed by atoms with E-state index in [0.29, 0.717) is 19.1 Å². The average Bonchev–Trinajstić information content (AvgIpc) is 2.70. The van der Waals surface area contributed by atoms with Gasteiger partial charge in [-0.05, 0) is 49.1 Å². The molecular formula is C21H27F2N5. The first kappa shape index (κ1) is 20.2. The summed E-state index contributed by atoms with van der Waals surface area (Å²) in [4.78, 5) is 11.0. The molecule has 0 bridgehead atoms. The van der Waals surface area contributed by atoms with E-state index in [4.69, 9.17) is 0 Å². The van der Waals surface area contributed by atoms with Crippen molar-refractivity contribution in [2.75, 3.05) is 20.1 Å². The number of hydrogen-bond donors (Lipinski definition) is 2. The van der Waals surface area contributed by atoms with Crippen molar-refractivity contribution in [1.29, 1.82) is 0 Å². The summed E-state index contributed by atoms with van der Waals surface area (Å²) in [5.74, 6) is -0.817. The number of benzene rings is 1. The Morgan fingerprint density at radius 3 is 2.68 bits per heavy atom. The van der Waals surface area contributed by atoms with Crippen LogP contribution in [0.5, 0.6) is 0 Å².